The number of rotatable bonds is 4. The van der Waals surface area contributed by atoms with E-state index in [4.69, 9.17) is 4.42 Å². The predicted molar refractivity (Wildman–Crippen MR) is 312 cm³/mol. The Kier molecular flexibility index (Phi) is 9.48. The highest BCUT2D eigenvalue weighted by atomic mass is 16.3. The molecule has 10 aromatic rings. The van der Waals surface area contributed by atoms with E-state index in [1.54, 1.807) is 0 Å². The highest BCUT2D eigenvalue weighted by Crippen LogP contribution is 2.55. The zero-order valence-corrected chi connectivity index (χ0v) is 45.2. The summed E-state index contributed by atoms with van der Waals surface area (Å²) in [7, 11) is 0. The fraction of sp³-hybridized carbons (Fsp3) is 0.265. The Morgan fingerprint density at radius 1 is 0.521 bits per heavy atom. The van der Waals surface area contributed by atoms with Crippen LogP contribution in [0.15, 0.2) is 150 Å². The van der Waals surface area contributed by atoms with Crippen LogP contribution in [0.1, 0.15) is 121 Å². The van der Waals surface area contributed by atoms with Crippen LogP contribution in [0.5, 0.6) is 0 Å². The number of anilines is 6. The molecule has 4 heterocycles. The largest absolute Gasteiger partial charge is 0.454 e. The molecule has 0 spiro atoms. The van der Waals surface area contributed by atoms with Crippen molar-refractivity contribution >= 4 is 90.1 Å². The van der Waals surface area contributed by atoms with E-state index in [1.165, 1.54) is 106 Å². The predicted octanol–water partition coefficient (Wildman–Crippen LogP) is 16.7. The number of para-hydroxylation sites is 2. The van der Waals surface area contributed by atoms with E-state index in [2.05, 4.69) is 257 Å². The van der Waals surface area contributed by atoms with E-state index in [0.717, 1.165) is 39.0 Å². The molecule has 8 aromatic carbocycles. The van der Waals surface area contributed by atoms with Gasteiger partial charge in [0.05, 0.1) is 11.4 Å². The molecular weight excluding hydrogens is 886 g/mol. The molecule has 5 heteroatoms. The lowest BCUT2D eigenvalue weighted by atomic mass is 9.33. The van der Waals surface area contributed by atoms with Gasteiger partial charge in [-0.2, -0.15) is 0 Å². The van der Waals surface area contributed by atoms with Gasteiger partial charge in [0.1, 0.15) is 5.58 Å². The lowest BCUT2D eigenvalue weighted by Gasteiger charge is -2.41. The minimum Gasteiger partial charge on any atom is -0.454 e. The van der Waals surface area contributed by atoms with Gasteiger partial charge in [-0.15, -0.1) is 0 Å². The molecule has 0 fully saturated rings. The third-order valence-corrected chi connectivity index (χ3v) is 16.9. The van der Waals surface area contributed by atoms with Gasteiger partial charge in [0.25, 0.3) is 6.71 Å². The number of hydrogen-bond donors (Lipinski definition) is 0. The van der Waals surface area contributed by atoms with Gasteiger partial charge in [-0.1, -0.05) is 173 Å². The molecule has 0 saturated heterocycles. The van der Waals surface area contributed by atoms with E-state index in [9.17, 15) is 0 Å². The maximum absolute atomic E-state index is 7.21. The maximum atomic E-state index is 7.21. The number of furan rings is 1. The van der Waals surface area contributed by atoms with Crippen LogP contribution < -0.4 is 26.2 Å². The fourth-order valence-corrected chi connectivity index (χ4v) is 13.1. The summed E-state index contributed by atoms with van der Waals surface area (Å²) in [4.78, 5) is 5.08. The van der Waals surface area contributed by atoms with Gasteiger partial charge in [0.2, 0.25) is 0 Å². The third-order valence-electron chi connectivity index (χ3n) is 16.9. The Balaban J connectivity index is 1.13. The SMILES string of the molecule is Cc1cc2c3c(c1)-n1c4c(c5cccc(c51)B3c1ccc(N(c3ccc(C(C)(C)C)cc3C)c3ccc(C(C)(C)C)cc3C)cc1N2c1cccc2c1oc1cc(C(C)(C)C)ccc12)C(C)(C)c1ccccc1-4. The fourth-order valence-electron chi connectivity index (χ4n) is 13.1. The highest BCUT2D eigenvalue weighted by Gasteiger charge is 2.47. The van der Waals surface area contributed by atoms with Crippen molar-refractivity contribution in [3.05, 3.63) is 190 Å². The zero-order valence-electron chi connectivity index (χ0n) is 45.2. The molecular formula is C68H66BN3O. The number of aryl methyl sites for hydroxylation is 3. The summed E-state index contributed by atoms with van der Waals surface area (Å²) < 4.78 is 9.86. The van der Waals surface area contributed by atoms with Crippen LogP contribution in [0.4, 0.5) is 34.1 Å². The second-order valence-corrected chi connectivity index (χ2v) is 25.3. The van der Waals surface area contributed by atoms with Gasteiger partial charge in [0, 0.05) is 66.8 Å². The normalized spacial score (nSPS) is 14.5. The van der Waals surface area contributed by atoms with Crippen molar-refractivity contribution in [3.63, 3.8) is 0 Å². The lowest BCUT2D eigenvalue weighted by Crippen LogP contribution is -2.60. The quantitative estimate of drug-likeness (QED) is 0.164. The molecule has 0 radical (unpaired) electrons. The highest BCUT2D eigenvalue weighted by molar-refractivity contribution is 7.00. The standard InChI is InChI=1S/C68H66BN3O/c1-39-33-57-61-58(34-39)72-62-49(60-63(72)48-19-15-16-22-50(48)68(60,13)14)21-17-23-52(62)69(61)51-30-28-45(38-56(51)71(57)55-24-18-20-47-46-29-25-44(67(10,11)12)37-59(46)73-64(47)55)70(53-31-26-42(35-40(53)2)65(4,5)6)54-32-27-43(36-41(54)3)66(7,8)9/h15-38H,1-14H3. The van der Waals surface area contributed by atoms with Crippen molar-refractivity contribution in [2.45, 2.75) is 119 Å². The molecule has 2 aliphatic heterocycles. The molecule has 3 aliphatic rings. The van der Waals surface area contributed by atoms with Crippen LogP contribution in [0, 0.1) is 20.8 Å². The van der Waals surface area contributed by atoms with Gasteiger partial charge in [0.15, 0.2) is 5.58 Å². The average Bonchev–Trinajstić information content (AvgIpc) is 3.98. The molecule has 0 bridgehead atoms. The van der Waals surface area contributed by atoms with E-state index >= 15 is 0 Å². The van der Waals surface area contributed by atoms with Crippen LogP contribution in [-0.2, 0) is 21.7 Å². The zero-order chi connectivity index (χ0) is 51.0. The van der Waals surface area contributed by atoms with Crippen LogP contribution in [0.3, 0.4) is 0 Å². The Morgan fingerprint density at radius 2 is 1.14 bits per heavy atom. The first kappa shape index (κ1) is 45.6. The average molecular weight is 952 g/mol. The number of aromatic nitrogens is 1. The van der Waals surface area contributed by atoms with Crippen molar-refractivity contribution in [2.24, 2.45) is 0 Å². The molecule has 0 amide bonds. The molecule has 2 aromatic heterocycles. The number of nitrogens with zero attached hydrogens (tertiary/aromatic N) is 3. The van der Waals surface area contributed by atoms with Gasteiger partial charge in [-0.05, 0) is 146 Å². The Morgan fingerprint density at radius 3 is 1.81 bits per heavy atom. The molecule has 0 N–H and O–H groups in total. The Labute approximate surface area is 432 Å². The summed E-state index contributed by atoms with van der Waals surface area (Å²) >= 11 is 0. The minimum absolute atomic E-state index is 0.0169. The summed E-state index contributed by atoms with van der Waals surface area (Å²) in [5.74, 6) is 0. The Bertz CT molecular complexity index is 3940. The van der Waals surface area contributed by atoms with Crippen molar-refractivity contribution < 1.29 is 4.42 Å². The lowest BCUT2D eigenvalue weighted by molar-refractivity contribution is 0.587. The van der Waals surface area contributed by atoms with E-state index in [1.807, 2.05) is 0 Å². The van der Waals surface area contributed by atoms with Crippen molar-refractivity contribution in [2.75, 3.05) is 9.80 Å². The van der Waals surface area contributed by atoms with Crippen LogP contribution >= 0.6 is 0 Å². The van der Waals surface area contributed by atoms with Gasteiger partial charge < -0.3 is 18.8 Å². The van der Waals surface area contributed by atoms with Gasteiger partial charge in [-0.3, -0.25) is 0 Å². The molecule has 0 unspecified atom stereocenters. The van der Waals surface area contributed by atoms with Crippen molar-refractivity contribution in [1.82, 2.24) is 4.57 Å². The first-order valence-electron chi connectivity index (χ1n) is 26.5. The van der Waals surface area contributed by atoms with Crippen molar-refractivity contribution in [1.29, 1.82) is 0 Å². The molecule has 362 valence electrons. The molecule has 4 nitrogen and oxygen atoms in total. The monoisotopic (exact) mass is 952 g/mol. The molecule has 0 saturated carbocycles. The van der Waals surface area contributed by atoms with Crippen LogP contribution in [0.2, 0.25) is 0 Å². The first-order chi connectivity index (χ1) is 34.6. The van der Waals surface area contributed by atoms with Crippen LogP contribution in [0.25, 0.3) is 49.8 Å². The number of fused-ring (bicyclic) bond motifs is 12. The number of benzene rings is 8. The topological polar surface area (TPSA) is 24.6 Å². The Hall–Kier alpha value is -7.24. The summed E-state index contributed by atoms with van der Waals surface area (Å²) in [6.45, 7) is 32.3. The summed E-state index contributed by atoms with van der Waals surface area (Å²) in [6.07, 6.45) is 0. The first-order valence-corrected chi connectivity index (χ1v) is 26.5. The molecule has 13 rings (SSSR count). The van der Waals surface area contributed by atoms with E-state index in [0.29, 0.717) is 0 Å². The second-order valence-electron chi connectivity index (χ2n) is 25.3. The maximum Gasteiger partial charge on any atom is 0.252 e. The number of hydrogen-bond acceptors (Lipinski definition) is 3. The molecule has 0 atom stereocenters. The van der Waals surface area contributed by atoms with E-state index in [-0.39, 0.29) is 28.4 Å². The van der Waals surface area contributed by atoms with Crippen LogP contribution in [-0.4, -0.2) is 11.3 Å². The van der Waals surface area contributed by atoms with Gasteiger partial charge in [-0.25, -0.2) is 0 Å². The van der Waals surface area contributed by atoms with Gasteiger partial charge >= 0.3 is 0 Å². The summed E-state index contributed by atoms with van der Waals surface area (Å²) in [5.41, 5.74) is 28.1. The summed E-state index contributed by atoms with van der Waals surface area (Å²) in [5, 5.41) is 3.60. The van der Waals surface area contributed by atoms with Crippen molar-refractivity contribution in [3.8, 4) is 16.9 Å². The molecule has 73 heavy (non-hydrogen) atoms. The smallest absolute Gasteiger partial charge is 0.252 e. The molecule has 1 aliphatic carbocycles. The summed E-state index contributed by atoms with van der Waals surface area (Å²) in [6, 6.07) is 56.2. The minimum atomic E-state index is -0.167. The second kappa shape index (κ2) is 15.2. The third kappa shape index (κ3) is 6.52. The van der Waals surface area contributed by atoms with E-state index < -0.39 is 0 Å².